The Labute approximate surface area is 79.7 Å². The molecule has 2 rings (SSSR count). The van der Waals surface area contributed by atoms with Crippen LogP contribution in [0.2, 0.25) is 0 Å². The molecule has 1 aliphatic heterocycles. The van der Waals surface area contributed by atoms with E-state index < -0.39 is 0 Å². The molecule has 2 fully saturated rings. The Morgan fingerprint density at radius 3 is 2.62 bits per heavy atom. The lowest BCUT2D eigenvalue weighted by Gasteiger charge is -2.24. The van der Waals surface area contributed by atoms with Crippen molar-refractivity contribution in [3.05, 3.63) is 0 Å². The molecular formula is C11H18O2. The third-order valence-electron chi connectivity index (χ3n) is 3.46. The third kappa shape index (κ3) is 1.93. The molecule has 1 saturated carbocycles. The largest absolute Gasteiger partial charge is 0.368 e. The summed E-state index contributed by atoms with van der Waals surface area (Å²) in [7, 11) is 0. The lowest BCUT2D eigenvalue weighted by atomic mass is 9.88. The average molecular weight is 182 g/mol. The average Bonchev–Trinajstić information content (AvgIpc) is 2.77. The molecule has 0 aromatic heterocycles. The van der Waals surface area contributed by atoms with Gasteiger partial charge in [-0.05, 0) is 25.2 Å². The Morgan fingerprint density at radius 2 is 2.08 bits per heavy atom. The van der Waals surface area contributed by atoms with Gasteiger partial charge in [0.15, 0.2) is 6.29 Å². The lowest BCUT2D eigenvalue weighted by Crippen LogP contribution is -2.31. The Bertz CT molecular complexity index is 177. The van der Waals surface area contributed by atoms with Gasteiger partial charge in [-0.2, -0.15) is 0 Å². The summed E-state index contributed by atoms with van der Waals surface area (Å²) in [5.74, 6) is 0.753. The standard InChI is InChI=1S/C11H18O2/c12-9-11(6-3-7-13-11)8-10-4-1-2-5-10/h9-10H,1-8H2. The molecule has 0 amide bonds. The number of carbonyl (C=O) groups excluding carboxylic acids is 1. The second-order valence-corrected chi connectivity index (χ2v) is 4.49. The Morgan fingerprint density at radius 1 is 1.31 bits per heavy atom. The van der Waals surface area contributed by atoms with Crippen LogP contribution in [0.5, 0.6) is 0 Å². The summed E-state index contributed by atoms with van der Waals surface area (Å²) < 4.78 is 5.58. The molecule has 13 heavy (non-hydrogen) atoms. The minimum atomic E-state index is -0.380. The van der Waals surface area contributed by atoms with Crippen molar-refractivity contribution in [2.24, 2.45) is 5.92 Å². The lowest BCUT2D eigenvalue weighted by molar-refractivity contribution is -0.127. The van der Waals surface area contributed by atoms with Crippen LogP contribution in [0.1, 0.15) is 44.9 Å². The van der Waals surface area contributed by atoms with Gasteiger partial charge in [0.2, 0.25) is 0 Å². The maximum Gasteiger partial charge on any atom is 0.151 e. The SMILES string of the molecule is O=CC1(CC2CCCC2)CCCO1. The van der Waals surface area contributed by atoms with E-state index >= 15 is 0 Å². The first-order valence-corrected chi connectivity index (χ1v) is 5.45. The predicted molar refractivity (Wildman–Crippen MR) is 50.6 cm³/mol. The molecule has 0 aromatic rings. The van der Waals surface area contributed by atoms with Crippen LogP contribution in [0.4, 0.5) is 0 Å². The van der Waals surface area contributed by atoms with E-state index in [0.29, 0.717) is 0 Å². The normalized spacial score (nSPS) is 35.4. The molecule has 0 spiro atoms. The van der Waals surface area contributed by atoms with Gasteiger partial charge in [-0.15, -0.1) is 0 Å². The van der Waals surface area contributed by atoms with Crippen molar-refractivity contribution in [3.8, 4) is 0 Å². The molecular weight excluding hydrogens is 164 g/mol. The van der Waals surface area contributed by atoms with Crippen LogP contribution in [0.3, 0.4) is 0 Å². The molecule has 1 unspecified atom stereocenters. The van der Waals surface area contributed by atoms with Gasteiger partial charge in [0.25, 0.3) is 0 Å². The fourth-order valence-electron chi connectivity index (χ4n) is 2.72. The van der Waals surface area contributed by atoms with E-state index in [1.807, 2.05) is 0 Å². The molecule has 1 heterocycles. The first kappa shape index (κ1) is 9.20. The highest BCUT2D eigenvalue weighted by molar-refractivity contribution is 5.63. The summed E-state index contributed by atoms with van der Waals surface area (Å²) in [5.41, 5.74) is -0.380. The van der Waals surface area contributed by atoms with E-state index in [9.17, 15) is 4.79 Å². The van der Waals surface area contributed by atoms with Gasteiger partial charge in [-0.25, -0.2) is 0 Å². The minimum absolute atomic E-state index is 0.380. The Balaban J connectivity index is 1.92. The first-order chi connectivity index (χ1) is 6.35. The molecule has 0 aromatic carbocycles. The molecule has 1 aliphatic carbocycles. The Hall–Kier alpha value is -0.370. The monoisotopic (exact) mass is 182 g/mol. The van der Waals surface area contributed by atoms with Gasteiger partial charge < -0.3 is 9.53 Å². The van der Waals surface area contributed by atoms with Crippen molar-refractivity contribution in [2.45, 2.75) is 50.5 Å². The molecule has 1 atom stereocenters. The topological polar surface area (TPSA) is 26.3 Å². The summed E-state index contributed by atoms with van der Waals surface area (Å²) in [6, 6.07) is 0. The molecule has 74 valence electrons. The van der Waals surface area contributed by atoms with Crippen LogP contribution in [0, 0.1) is 5.92 Å². The van der Waals surface area contributed by atoms with Crippen LogP contribution in [-0.4, -0.2) is 18.5 Å². The predicted octanol–water partition coefficient (Wildman–Crippen LogP) is 2.31. The molecule has 2 nitrogen and oxygen atoms in total. The number of carbonyl (C=O) groups is 1. The number of aldehydes is 1. The van der Waals surface area contributed by atoms with E-state index in [-0.39, 0.29) is 5.60 Å². The smallest absolute Gasteiger partial charge is 0.151 e. The number of rotatable bonds is 3. The fraction of sp³-hybridized carbons (Fsp3) is 0.909. The summed E-state index contributed by atoms with van der Waals surface area (Å²) in [6.07, 6.45) is 9.35. The summed E-state index contributed by atoms with van der Waals surface area (Å²) >= 11 is 0. The van der Waals surface area contributed by atoms with Gasteiger partial charge >= 0.3 is 0 Å². The highest BCUT2D eigenvalue weighted by atomic mass is 16.5. The van der Waals surface area contributed by atoms with Crippen LogP contribution in [-0.2, 0) is 9.53 Å². The first-order valence-electron chi connectivity index (χ1n) is 5.45. The summed E-state index contributed by atoms with van der Waals surface area (Å²) in [4.78, 5) is 11.0. The maximum absolute atomic E-state index is 11.0. The minimum Gasteiger partial charge on any atom is -0.368 e. The Kier molecular flexibility index (Phi) is 2.68. The van der Waals surface area contributed by atoms with E-state index in [0.717, 1.165) is 38.1 Å². The van der Waals surface area contributed by atoms with Crippen molar-refractivity contribution in [2.75, 3.05) is 6.61 Å². The van der Waals surface area contributed by atoms with E-state index in [1.165, 1.54) is 25.7 Å². The van der Waals surface area contributed by atoms with E-state index in [2.05, 4.69) is 0 Å². The van der Waals surface area contributed by atoms with Crippen molar-refractivity contribution < 1.29 is 9.53 Å². The van der Waals surface area contributed by atoms with E-state index in [4.69, 9.17) is 4.74 Å². The van der Waals surface area contributed by atoms with Crippen molar-refractivity contribution in [3.63, 3.8) is 0 Å². The zero-order valence-electron chi connectivity index (χ0n) is 8.13. The summed E-state index contributed by atoms with van der Waals surface area (Å²) in [6.45, 7) is 0.783. The zero-order valence-corrected chi connectivity index (χ0v) is 8.13. The maximum atomic E-state index is 11.0. The quantitative estimate of drug-likeness (QED) is 0.626. The number of hydrogen-bond donors (Lipinski definition) is 0. The second kappa shape index (κ2) is 3.79. The molecule has 2 heteroatoms. The van der Waals surface area contributed by atoms with Crippen LogP contribution >= 0.6 is 0 Å². The van der Waals surface area contributed by atoms with Gasteiger partial charge in [-0.1, -0.05) is 25.7 Å². The van der Waals surface area contributed by atoms with Crippen molar-refractivity contribution >= 4 is 6.29 Å². The van der Waals surface area contributed by atoms with Crippen LogP contribution < -0.4 is 0 Å². The van der Waals surface area contributed by atoms with Gasteiger partial charge in [0, 0.05) is 6.61 Å². The van der Waals surface area contributed by atoms with Gasteiger partial charge in [0.1, 0.15) is 5.60 Å². The molecule has 1 saturated heterocycles. The zero-order chi connectivity index (χ0) is 9.15. The molecule has 2 aliphatic rings. The number of hydrogen-bond acceptors (Lipinski definition) is 2. The van der Waals surface area contributed by atoms with Gasteiger partial charge in [-0.3, -0.25) is 0 Å². The molecule has 0 N–H and O–H groups in total. The van der Waals surface area contributed by atoms with Crippen LogP contribution in [0.15, 0.2) is 0 Å². The summed E-state index contributed by atoms with van der Waals surface area (Å²) in [5, 5.41) is 0. The van der Waals surface area contributed by atoms with Crippen LogP contribution in [0.25, 0.3) is 0 Å². The third-order valence-corrected chi connectivity index (χ3v) is 3.46. The van der Waals surface area contributed by atoms with Crippen molar-refractivity contribution in [1.29, 1.82) is 0 Å². The number of ether oxygens (including phenoxy) is 1. The second-order valence-electron chi connectivity index (χ2n) is 4.49. The fourth-order valence-corrected chi connectivity index (χ4v) is 2.72. The highest BCUT2D eigenvalue weighted by Crippen LogP contribution is 2.37. The van der Waals surface area contributed by atoms with Gasteiger partial charge in [0.05, 0.1) is 0 Å². The molecule has 0 radical (unpaired) electrons. The van der Waals surface area contributed by atoms with Crippen molar-refractivity contribution in [1.82, 2.24) is 0 Å². The van der Waals surface area contributed by atoms with E-state index in [1.54, 1.807) is 0 Å². The molecule has 0 bridgehead atoms. The highest BCUT2D eigenvalue weighted by Gasteiger charge is 2.37.